The van der Waals surface area contributed by atoms with Gasteiger partial charge in [-0.3, -0.25) is 19.2 Å². The van der Waals surface area contributed by atoms with Gasteiger partial charge in [-0.15, -0.1) is 0 Å². The zero-order valence-electron chi connectivity index (χ0n) is 36.0. The van der Waals surface area contributed by atoms with Crippen molar-refractivity contribution in [1.29, 1.82) is 0 Å². The lowest BCUT2D eigenvalue weighted by Gasteiger charge is -2.08. The predicted octanol–water partition coefficient (Wildman–Crippen LogP) is 8.71. The lowest BCUT2D eigenvalue weighted by Crippen LogP contribution is -2.09. The maximum absolute atomic E-state index is 12.7. The van der Waals surface area contributed by atoms with Crippen molar-refractivity contribution in [3.63, 3.8) is 0 Å². The Morgan fingerprint density at radius 2 is 0.877 bits per heavy atom. The summed E-state index contributed by atoms with van der Waals surface area (Å²) < 4.78 is 16.9. The number of carboxylic acid groups (broad SMARTS) is 1. The lowest BCUT2D eigenvalue weighted by atomic mass is 10.0. The molecule has 0 fully saturated rings. The molecule has 16 nitrogen and oxygen atoms in total. The van der Waals surface area contributed by atoms with Crippen molar-refractivity contribution in [2.24, 2.45) is 0 Å². The lowest BCUT2D eigenvalue weighted by molar-refractivity contribution is 0.0697. The molecule has 0 amide bonds. The number of fused-ring (bicyclic) bond motifs is 6. The predicted molar refractivity (Wildman–Crippen MR) is 252 cm³/mol. The summed E-state index contributed by atoms with van der Waals surface area (Å²) >= 11 is 5.45. The number of anilines is 3. The summed E-state index contributed by atoms with van der Waals surface area (Å²) in [5.74, 6) is -0.437. The van der Waals surface area contributed by atoms with Crippen LogP contribution in [-0.4, -0.2) is 36.4 Å². The van der Waals surface area contributed by atoms with Gasteiger partial charge in [0.25, 0.3) is 5.24 Å². The molecule has 8 N–H and O–H groups in total. The first kappa shape index (κ1) is 45.3. The van der Waals surface area contributed by atoms with E-state index in [9.17, 15) is 29.1 Å². The van der Waals surface area contributed by atoms with E-state index in [1.807, 2.05) is 52.0 Å². The topological polar surface area (TPSA) is 282 Å². The van der Waals surface area contributed by atoms with E-state index >= 15 is 0 Å². The number of hydrogen-bond donors (Lipinski definition) is 5. The number of carbonyl (C=O) groups excluding carboxylic acids is 1. The van der Waals surface area contributed by atoms with Crippen molar-refractivity contribution >= 4 is 106 Å². The molecule has 0 aliphatic rings. The maximum atomic E-state index is 12.7. The maximum Gasteiger partial charge on any atom is 0.339 e. The third-order valence-electron chi connectivity index (χ3n) is 10.8. The minimum atomic E-state index is -1.23. The van der Waals surface area contributed by atoms with Gasteiger partial charge in [0.15, 0.2) is 0 Å². The van der Waals surface area contributed by atoms with Crippen molar-refractivity contribution in [2.75, 3.05) is 17.2 Å². The number of rotatable bonds is 6. The van der Waals surface area contributed by atoms with Gasteiger partial charge in [0.1, 0.15) is 39.8 Å². The molecular formula is C48H43ClN6O10. The van der Waals surface area contributed by atoms with Gasteiger partial charge in [0.05, 0.1) is 44.5 Å². The van der Waals surface area contributed by atoms with Gasteiger partial charge in [0, 0.05) is 5.56 Å². The summed E-state index contributed by atoms with van der Waals surface area (Å²) in [5, 5.41) is 19.6. The monoisotopic (exact) mass is 898 g/mol. The number of nitrogens with zero attached hydrogens (tertiary/aromatic N) is 3. The number of benzene rings is 3. The molecule has 0 bridgehead atoms. The Morgan fingerprint density at radius 3 is 1.22 bits per heavy atom. The summed E-state index contributed by atoms with van der Waals surface area (Å²) in [6, 6.07) is 20.5. The Balaban J connectivity index is 0.000000145. The molecule has 0 spiro atoms. The van der Waals surface area contributed by atoms with Crippen LogP contribution in [0.4, 0.5) is 17.5 Å². The van der Waals surface area contributed by atoms with Crippen molar-refractivity contribution in [3.8, 4) is 0 Å². The number of pyridine rings is 3. The average Bonchev–Trinajstić information content (AvgIpc) is 3.26. The Hall–Kier alpha value is -7.69. The van der Waals surface area contributed by atoms with Crippen molar-refractivity contribution in [2.45, 2.75) is 65.9 Å². The highest BCUT2D eigenvalue weighted by molar-refractivity contribution is 6.68. The summed E-state index contributed by atoms with van der Waals surface area (Å²) in [5.41, 5.74) is 21.2. The first-order valence-electron chi connectivity index (χ1n) is 20.3. The van der Waals surface area contributed by atoms with Crippen molar-refractivity contribution in [1.82, 2.24) is 15.0 Å². The number of aliphatic hydroxyl groups excluding tert-OH is 1. The number of nitrogens with two attached hydrogens (primary N) is 3. The molecule has 17 heteroatoms. The molecule has 0 saturated heterocycles. The molecule has 9 aromatic rings. The van der Waals surface area contributed by atoms with Crippen molar-refractivity contribution in [3.05, 3.63) is 137 Å². The molecule has 6 aromatic heterocycles. The van der Waals surface area contributed by atoms with Crippen LogP contribution < -0.4 is 33.5 Å². The van der Waals surface area contributed by atoms with Crippen LogP contribution >= 0.6 is 11.6 Å². The van der Waals surface area contributed by atoms with E-state index < -0.39 is 11.2 Å². The molecule has 9 rings (SSSR count). The van der Waals surface area contributed by atoms with Crippen LogP contribution in [0, 0.1) is 0 Å². The van der Waals surface area contributed by atoms with E-state index in [1.54, 1.807) is 36.4 Å². The summed E-state index contributed by atoms with van der Waals surface area (Å²) in [6.45, 7) is 12.0. The van der Waals surface area contributed by atoms with Gasteiger partial charge < -0.3 is 40.7 Å². The number of aromatic nitrogens is 3. The highest BCUT2D eigenvalue weighted by Gasteiger charge is 2.19. The molecule has 0 radical (unpaired) electrons. The smallest absolute Gasteiger partial charge is 0.339 e. The molecule has 65 heavy (non-hydrogen) atoms. The minimum absolute atomic E-state index is 0.000769. The molecule has 0 atom stereocenters. The summed E-state index contributed by atoms with van der Waals surface area (Å²) in [4.78, 5) is 72.3. The van der Waals surface area contributed by atoms with Crippen LogP contribution in [0.25, 0.3) is 66.2 Å². The molecule has 6 heterocycles. The fraction of sp³-hybridized carbons (Fsp3) is 0.208. The normalized spacial score (nSPS) is 11.5. The van der Waals surface area contributed by atoms with Crippen LogP contribution in [-0.2, 0) is 6.61 Å². The minimum Gasteiger partial charge on any atom is -0.478 e. The highest BCUT2D eigenvalue weighted by Crippen LogP contribution is 2.27. The van der Waals surface area contributed by atoms with Crippen molar-refractivity contribution < 1.29 is 33.1 Å². The van der Waals surface area contributed by atoms with Gasteiger partial charge in [-0.25, -0.2) is 4.79 Å². The van der Waals surface area contributed by atoms with Gasteiger partial charge in [-0.2, -0.15) is 15.0 Å². The van der Waals surface area contributed by atoms with Crippen LogP contribution in [0.5, 0.6) is 0 Å². The van der Waals surface area contributed by atoms with E-state index in [-0.39, 0.29) is 91.2 Å². The Bertz CT molecular complexity index is 3440. The zero-order valence-corrected chi connectivity index (χ0v) is 36.7. The molecule has 0 aliphatic heterocycles. The third-order valence-corrected chi connectivity index (χ3v) is 11.0. The SMILES string of the molecule is CC(C)c1ccc2oc3nc(N)c(C(=O)Cl)cc3c(=O)c2c1.CC(C)c1ccc2oc3nc(N)c(C(=O)O)cc3c(=O)c2c1.CC(C)c1ccc2oc3nc(N)c(CO)cc3c(=O)c2c1. The molecule has 0 aliphatic carbocycles. The van der Waals surface area contributed by atoms with E-state index in [0.29, 0.717) is 49.8 Å². The number of aromatic carboxylic acids is 1. The third kappa shape index (κ3) is 8.81. The number of aliphatic hydroxyl groups is 1. The zero-order chi connectivity index (χ0) is 47.2. The number of carbonyl (C=O) groups is 2. The average molecular weight is 899 g/mol. The van der Waals surface area contributed by atoms with Crippen LogP contribution in [0.15, 0.2) is 100 Å². The Morgan fingerprint density at radius 1 is 0.538 bits per heavy atom. The second-order valence-corrected chi connectivity index (χ2v) is 16.5. The van der Waals surface area contributed by atoms with Gasteiger partial charge in [-0.05, 0) is 101 Å². The first-order valence-corrected chi connectivity index (χ1v) is 20.7. The number of carboxylic acids is 1. The molecule has 332 valence electrons. The first-order chi connectivity index (χ1) is 30.8. The van der Waals surface area contributed by atoms with Gasteiger partial charge >= 0.3 is 5.97 Å². The quantitative estimate of drug-likeness (QED) is 0.0770. The van der Waals surface area contributed by atoms with E-state index in [1.165, 1.54) is 12.1 Å². The van der Waals surface area contributed by atoms with E-state index in [4.69, 9.17) is 47.2 Å². The standard InChI is InChI=1S/C16H13ClN2O3.C16H14N2O4.C16H16N2O3/c1-7(2)8-3-4-12-9(5-8)13(20)10-6-11(14(17)21)15(18)19-16(10)22-12;1-7(2)8-3-4-12-9(5-8)13(19)10-6-11(16(20)21)14(17)18-15(10)22-12;1-8(2)9-3-4-13-11(5-9)14(20)12-6-10(7-19)15(17)18-16(12)21-13/h3-7H,1-2H3,(H2,18,19);3-7H,1-2H3,(H2,17,18)(H,20,21);3-6,8,19H,7H2,1-2H3,(H2,17,18). The summed E-state index contributed by atoms with van der Waals surface area (Å²) in [7, 11) is 0. The van der Waals surface area contributed by atoms with Crippen LogP contribution in [0.2, 0.25) is 0 Å². The molecular weight excluding hydrogens is 856 g/mol. The van der Waals surface area contributed by atoms with Gasteiger partial charge in [0.2, 0.25) is 33.4 Å². The summed E-state index contributed by atoms with van der Waals surface area (Å²) in [6.07, 6.45) is 0. The fourth-order valence-electron chi connectivity index (χ4n) is 7.02. The fourth-order valence-corrected chi connectivity index (χ4v) is 7.17. The van der Waals surface area contributed by atoms with Crippen LogP contribution in [0.3, 0.4) is 0 Å². The second kappa shape index (κ2) is 17.8. The molecule has 0 saturated carbocycles. The molecule has 0 unspecified atom stereocenters. The number of halogens is 1. The second-order valence-electron chi connectivity index (χ2n) is 16.2. The highest BCUT2D eigenvalue weighted by atomic mass is 35.5. The van der Waals surface area contributed by atoms with E-state index in [2.05, 4.69) is 28.8 Å². The Kier molecular flexibility index (Phi) is 12.4. The number of hydrogen-bond acceptors (Lipinski definition) is 15. The Labute approximate surface area is 373 Å². The molecule has 3 aromatic carbocycles. The largest absolute Gasteiger partial charge is 0.478 e. The van der Waals surface area contributed by atoms with Gasteiger partial charge in [-0.1, -0.05) is 59.7 Å². The van der Waals surface area contributed by atoms with Crippen LogP contribution in [0.1, 0.15) is 102 Å². The van der Waals surface area contributed by atoms with E-state index in [0.717, 1.165) is 16.7 Å². The number of nitrogen functional groups attached to an aromatic ring is 3.